The number of hydrogen-bond donors (Lipinski definition) is 1. The van der Waals surface area contributed by atoms with Gasteiger partial charge in [-0.15, -0.1) is 0 Å². The summed E-state index contributed by atoms with van der Waals surface area (Å²) < 4.78 is 9.76. The zero-order valence-corrected chi connectivity index (χ0v) is 6.63. The summed E-state index contributed by atoms with van der Waals surface area (Å²) in [4.78, 5) is 11.2. The van der Waals surface area contributed by atoms with Gasteiger partial charge in [0.2, 0.25) is 0 Å². The molecule has 64 valence electrons. The van der Waals surface area contributed by atoms with Crippen molar-refractivity contribution in [2.45, 2.75) is 6.92 Å². The largest absolute Gasteiger partial charge is 0.465 e. The van der Waals surface area contributed by atoms with Gasteiger partial charge in [0.1, 0.15) is 5.41 Å². The van der Waals surface area contributed by atoms with E-state index in [1.807, 2.05) is 0 Å². The smallest absolute Gasteiger partial charge is 0.318 e. The number of carbonyl (C=O) groups excluding carboxylic acids is 1. The summed E-state index contributed by atoms with van der Waals surface area (Å²) in [5.41, 5.74) is 4.89. The first kappa shape index (κ1) is 8.49. The molecule has 2 N–H and O–H groups in total. The fourth-order valence-electron chi connectivity index (χ4n) is 0.952. The monoisotopic (exact) mass is 159 g/mol. The Morgan fingerprint density at radius 3 is 2.64 bits per heavy atom. The van der Waals surface area contributed by atoms with Crippen LogP contribution < -0.4 is 5.73 Å². The standard InChI is InChI=1S/C7H13NO3/c1-2-11-6(9)7(3-8)4-10-5-7/h2-5,8H2,1H3. The molecular formula is C7H13NO3. The Bertz CT molecular complexity index is 148. The van der Waals surface area contributed by atoms with Gasteiger partial charge in [0.25, 0.3) is 0 Å². The summed E-state index contributed by atoms with van der Waals surface area (Å²) in [7, 11) is 0. The van der Waals surface area contributed by atoms with Crippen LogP contribution >= 0.6 is 0 Å². The van der Waals surface area contributed by atoms with Crippen molar-refractivity contribution in [3.63, 3.8) is 0 Å². The summed E-state index contributed by atoms with van der Waals surface area (Å²) >= 11 is 0. The van der Waals surface area contributed by atoms with Crippen molar-refractivity contribution in [1.29, 1.82) is 0 Å². The summed E-state index contributed by atoms with van der Waals surface area (Å²) in [6.07, 6.45) is 0. The Kier molecular flexibility index (Phi) is 2.46. The first-order chi connectivity index (χ1) is 5.25. The van der Waals surface area contributed by atoms with Crippen molar-refractivity contribution in [2.24, 2.45) is 11.1 Å². The van der Waals surface area contributed by atoms with Crippen LogP contribution in [0.3, 0.4) is 0 Å². The van der Waals surface area contributed by atoms with Gasteiger partial charge in [-0.3, -0.25) is 4.79 Å². The van der Waals surface area contributed by atoms with Crippen LogP contribution in [-0.4, -0.2) is 32.3 Å². The summed E-state index contributed by atoms with van der Waals surface area (Å²) in [5, 5.41) is 0. The van der Waals surface area contributed by atoms with Crippen LogP contribution in [0.4, 0.5) is 0 Å². The van der Waals surface area contributed by atoms with E-state index in [1.165, 1.54) is 0 Å². The molecule has 4 heteroatoms. The van der Waals surface area contributed by atoms with Gasteiger partial charge in [0.05, 0.1) is 19.8 Å². The van der Waals surface area contributed by atoms with E-state index < -0.39 is 5.41 Å². The quantitative estimate of drug-likeness (QED) is 0.565. The lowest BCUT2D eigenvalue weighted by molar-refractivity contribution is -0.183. The third-order valence-electron chi connectivity index (χ3n) is 1.86. The molecule has 0 aliphatic carbocycles. The molecule has 0 amide bonds. The zero-order valence-electron chi connectivity index (χ0n) is 6.63. The number of nitrogens with two attached hydrogens (primary N) is 1. The third kappa shape index (κ3) is 1.36. The van der Waals surface area contributed by atoms with Gasteiger partial charge in [-0.2, -0.15) is 0 Å². The van der Waals surface area contributed by atoms with Crippen LogP contribution in [-0.2, 0) is 14.3 Å². The predicted octanol–water partition coefficient (Wildman–Crippen LogP) is -0.475. The average molecular weight is 159 g/mol. The Morgan fingerprint density at radius 2 is 2.36 bits per heavy atom. The molecule has 0 atom stereocenters. The summed E-state index contributed by atoms with van der Waals surface area (Å²) in [5.74, 6) is -0.228. The molecule has 0 aromatic carbocycles. The molecule has 0 radical (unpaired) electrons. The lowest BCUT2D eigenvalue weighted by Crippen LogP contribution is -2.54. The Balaban J connectivity index is 2.47. The molecule has 0 bridgehead atoms. The second-order valence-electron chi connectivity index (χ2n) is 2.70. The summed E-state index contributed by atoms with van der Waals surface area (Å²) in [6, 6.07) is 0. The molecule has 1 saturated heterocycles. The van der Waals surface area contributed by atoms with Crippen LogP contribution in [0.25, 0.3) is 0 Å². The molecule has 0 aromatic rings. The van der Waals surface area contributed by atoms with E-state index in [1.54, 1.807) is 6.92 Å². The van der Waals surface area contributed by atoms with Crippen molar-refractivity contribution in [1.82, 2.24) is 0 Å². The SMILES string of the molecule is CCOC(=O)C1(CN)COC1. The molecule has 11 heavy (non-hydrogen) atoms. The van der Waals surface area contributed by atoms with E-state index >= 15 is 0 Å². The van der Waals surface area contributed by atoms with E-state index in [2.05, 4.69) is 0 Å². The predicted molar refractivity (Wildman–Crippen MR) is 38.9 cm³/mol. The van der Waals surface area contributed by atoms with Crippen molar-refractivity contribution in [3.05, 3.63) is 0 Å². The molecule has 0 spiro atoms. The lowest BCUT2D eigenvalue weighted by atomic mass is 9.86. The minimum absolute atomic E-state index is 0.228. The van der Waals surface area contributed by atoms with Gasteiger partial charge in [-0.05, 0) is 6.92 Å². The molecular weight excluding hydrogens is 146 g/mol. The maximum absolute atomic E-state index is 11.2. The average Bonchev–Trinajstić information content (AvgIpc) is 1.87. The number of hydrogen-bond acceptors (Lipinski definition) is 4. The third-order valence-corrected chi connectivity index (χ3v) is 1.86. The van der Waals surface area contributed by atoms with Crippen LogP contribution in [0.1, 0.15) is 6.92 Å². The van der Waals surface area contributed by atoms with E-state index in [9.17, 15) is 4.79 Å². The molecule has 1 heterocycles. The highest BCUT2D eigenvalue weighted by Crippen LogP contribution is 2.27. The number of ether oxygens (including phenoxy) is 2. The van der Waals surface area contributed by atoms with Crippen LogP contribution in [0, 0.1) is 5.41 Å². The van der Waals surface area contributed by atoms with Crippen LogP contribution in [0.5, 0.6) is 0 Å². The van der Waals surface area contributed by atoms with Gasteiger partial charge < -0.3 is 15.2 Å². The van der Waals surface area contributed by atoms with Crippen molar-refractivity contribution in [3.8, 4) is 0 Å². The van der Waals surface area contributed by atoms with E-state index in [4.69, 9.17) is 15.2 Å². The van der Waals surface area contributed by atoms with Gasteiger partial charge in [-0.25, -0.2) is 0 Å². The second-order valence-corrected chi connectivity index (χ2v) is 2.70. The Morgan fingerprint density at radius 1 is 1.73 bits per heavy atom. The fourth-order valence-corrected chi connectivity index (χ4v) is 0.952. The van der Waals surface area contributed by atoms with Crippen molar-refractivity contribution < 1.29 is 14.3 Å². The lowest BCUT2D eigenvalue weighted by Gasteiger charge is -2.37. The van der Waals surface area contributed by atoms with Crippen molar-refractivity contribution >= 4 is 5.97 Å². The topological polar surface area (TPSA) is 61.5 Å². The highest BCUT2D eigenvalue weighted by atomic mass is 16.6. The van der Waals surface area contributed by atoms with Gasteiger partial charge in [0.15, 0.2) is 0 Å². The minimum atomic E-state index is -0.532. The molecule has 4 nitrogen and oxygen atoms in total. The number of rotatable bonds is 3. The number of esters is 1. The Labute approximate surface area is 65.7 Å². The normalized spacial score (nSPS) is 20.5. The van der Waals surface area contributed by atoms with Crippen molar-refractivity contribution in [2.75, 3.05) is 26.4 Å². The Hall–Kier alpha value is -0.610. The first-order valence-electron chi connectivity index (χ1n) is 3.70. The highest BCUT2D eigenvalue weighted by molar-refractivity contribution is 5.78. The van der Waals surface area contributed by atoms with Gasteiger partial charge >= 0.3 is 5.97 Å². The molecule has 1 rings (SSSR count). The van der Waals surface area contributed by atoms with Gasteiger partial charge in [-0.1, -0.05) is 0 Å². The molecule has 0 unspecified atom stereocenters. The zero-order chi connectivity index (χ0) is 8.32. The molecule has 1 fully saturated rings. The van der Waals surface area contributed by atoms with E-state index in [0.717, 1.165) is 0 Å². The van der Waals surface area contributed by atoms with Crippen LogP contribution in [0.2, 0.25) is 0 Å². The molecule has 0 aromatic heterocycles. The fraction of sp³-hybridized carbons (Fsp3) is 0.857. The van der Waals surface area contributed by atoms with Crippen LogP contribution in [0.15, 0.2) is 0 Å². The number of carbonyl (C=O) groups is 1. The highest BCUT2D eigenvalue weighted by Gasteiger charge is 2.46. The molecule has 1 aliphatic rings. The minimum Gasteiger partial charge on any atom is -0.465 e. The van der Waals surface area contributed by atoms with E-state index in [-0.39, 0.29) is 5.97 Å². The second kappa shape index (κ2) is 3.19. The maximum atomic E-state index is 11.2. The summed E-state index contributed by atoms with van der Waals surface area (Å²) in [6.45, 7) is 3.30. The maximum Gasteiger partial charge on any atom is 0.318 e. The van der Waals surface area contributed by atoms with E-state index in [0.29, 0.717) is 26.4 Å². The molecule has 1 aliphatic heterocycles. The first-order valence-corrected chi connectivity index (χ1v) is 3.70. The molecule has 0 saturated carbocycles. The van der Waals surface area contributed by atoms with Gasteiger partial charge in [0, 0.05) is 6.54 Å².